The molecule has 7 heteroatoms. The Morgan fingerprint density at radius 2 is 2.10 bits per heavy atom. The molecule has 112 valence electrons. The predicted octanol–water partition coefficient (Wildman–Crippen LogP) is 2.87. The third kappa shape index (κ3) is 3.63. The van der Waals surface area contributed by atoms with E-state index in [2.05, 4.69) is 37.4 Å². The van der Waals surface area contributed by atoms with Crippen molar-refractivity contribution in [1.29, 1.82) is 0 Å². The van der Waals surface area contributed by atoms with Crippen molar-refractivity contribution in [3.8, 4) is 0 Å². The Hall–Kier alpha value is -1.40. The number of anilines is 2. The van der Waals surface area contributed by atoms with Crippen molar-refractivity contribution in [3.05, 3.63) is 27.7 Å². The van der Waals surface area contributed by atoms with E-state index >= 15 is 0 Å². The minimum Gasteiger partial charge on any atom is -0.343 e. The lowest BCUT2D eigenvalue weighted by atomic mass is 10.3. The maximum atomic E-state index is 6.06. The van der Waals surface area contributed by atoms with Crippen molar-refractivity contribution < 1.29 is 0 Å². The Morgan fingerprint density at radius 3 is 2.81 bits per heavy atom. The molecule has 3 heterocycles. The summed E-state index contributed by atoms with van der Waals surface area (Å²) in [6, 6.07) is 4.22. The second-order valence-electron chi connectivity index (χ2n) is 5.15. The third-order valence-corrected chi connectivity index (χ3v) is 4.69. The van der Waals surface area contributed by atoms with Crippen LogP contribution >= 0.6 is 22.9 Å². The Bertz CT molecular complexity index is 583. The summed E-state index contributed by atoms with van der Waals surface area (Å²) in [4.78, 5) is 18.6. The van der Waals surface area contributed by atoms with Crippen LogP contribution in [-0.2, 0) is 6.42 Å². The highest BCUT2D eigenvalue weighted by Crippen LogP contribution is 2.20. The van der Waals surface area contributed by atoms with Crippen LogP contribution in [0.1, 0.15) is 17.7 Å². The minimum atomic E-state index is 0.268. The van der Waals surface area contributed by atoms with E-state index < -0.39 is 0 Å². The number of hydrogen-bond acceptors (Lipinski definition) is 6. The van der Waals surface area contributed by atoms with Crippen molar-refractivity contribution in [2.24, 2.45) is 0 Å². The van der Waals surface area contributed by atoms with Crippen LogP contribution in [0, 0.1) is 0 Å². The quantitative estimate of drug-likeness (QED) is 0.846. The number of likely N-dealkylation sites (N-methyl/N-ethyl adjacent to an activating group) is 1. The average Bonchev–Trinajstić information content (AvgIpc) is 3.17. The van der Waals surface area contributed by atoms with Crippen LogP contribution in [0.3, 0.4) is 0 Å². The summed E-state index contributed by atoms with van der Waals surface area (Å²) in [5, 5.41) is 2.37. The molecule has 0 aromatic carbocycles. The average molecular weight is 324 g/mol. The summed E-state index contributed by atoms with van der Waals surface area (Å²) in [5.41, 5.74) is 0. The molecule has 0 unspecified atom stereocenters. The number of halogens is 1. The predicted molar refractivity (Wildman–Crippen MR) is 87.6 cm³/mol. The molecule has 5 nitrogen and oxygen atoms in total. The van der Waals surface area contributed by atoms with Crippen LogP contribution in [0.2, 0.25) is 5.28 Å². The molecule has 0 bridgehead atoms. The van der Waals surface area contributed by atoms with Gasteiger partial charge in [-0.15, -0.1) is 11.3 Å². The lowest BCUT2D eigenvalue weighted by Gasteiger charge is -2.20. The van der Waals surface area contributed by atoms with Crippen molar-refractivity contribution in [2.45, 2.75) is 19.3 Å². The first kappa shape index (κ1) is 14.5. The van der Waals surface area contributed by atoms with E-state index in [1.54, 1.807) is 11.3 Å². The van der Waals surface area contributed by atoms with Gasteiger partial charge in [0.25, 0.3) is 0 Å². The van der Waals surface area contributed by atoms with Gasteiger partial charge in [-0.05, 0) is 42.3 Å². The molecule has 2 aromatic rings. The molecule has 1 aliphatic heterocycles. The molecular weight excluding hydrogens is 306 g/mol. The number of rotatable bonds is 5. The van der Waals surface area contributed by atoms with E-state index in [-0.39, 0.29) is 5.28 Å². The monoisotopic (exact) mass is 323 g/mol. The van der Waals surface area contributed by atoms with Gasteiger partial charge in [0, 0.05) is 31.6 Å². The highest BCUT2D eigenvalue weighted by Gasteiger charge is 2.18. The molecule has 0 spiro atoms. The summed E-state index contributed by atoms with van der Waals surface area (Å²) in [7, 11) is 1.99. The fraction of sp³-hybridized carbons (Fsp3) is 0.500. The van der Waals surface area contributed by atoms with Gasteiger partial charge in [-0.2, -0.15) is 15.0 Å². The van der Waals surface area contributed by atoms with E-state index in [0.29, 0.717) is 11.9 Å². The van der Waals surface area contributed by atoms with Crippen molar-refractivity contribution in [2.75, 3.05) is 36.5 Å². The van der Waals surface area contributed by atoms with Gasteiger partial charge >= 0.3 is 0 Å². The van der Waals surface area contributed by atoms with Gasteiger partial charge in [-0.1, -0.05) is 6.07 Å². The Morgan fingerprint density at radius 1 is 1.29 bits per heavy atom. The summed E-state index contributed by atoms with van der Waals surface area (Å²) >= 11 is 7.83. The normalized spacial score (nSPS) is 14.7. The molecule has 1 fully saturated rings. The fourth-order valence-electron chi connectivity index (χ4n) is 2.39. The Labute approximate surface area is 133 Å². The number of nitrogens with zero attached hydrogens (tertiary/aromatic N) is 5. The van der Waals surface area contributed by atoms with Crippen molar-refractivity contribution in [1.82, 2.24) is 15.0 Å². The van der Waals surface area contributed by atoms with Gasteiger partial charge in [0.05, 0.1) is 0 Å². The SMILES string of the molecule is CN(CCc1cccs1)c1nc(Cl)nc(N2CCCC2)n1. The topological polar surface area (TPSA) is 45.2 Å². The summed E-state index contributed by atoms with van der Waals surface area (Å²) in [5.74, 6) is 1.35. The molecule has 1 saturated heterocycles. The summed E-state index contributed by atoms with van der Waals surface area (Å²) < 4.78 is 0. The molecule has 0 N–H and O–H groups in total. The zero-order valence-electron chi connectivity index (χ0n) is 12.0. The maximum Gasteiger partial charge on any atom is 0.231 e. The van der Waals surface area contributed by atoms with Crippen LogP contribution in [0.4, 0.5) is 11.9 Å². The number of aromatic nitrogens is 3. The minimum absolute atomic E-state index is 0.268. The first-order valence-corrected chi connectivity index (χ1v) is 8.38. The Balaban J connectivity index is 1.71. The van der Waals surface area contributed by atoms with Crippen LogP contribution in [0.25, 0.3) is 0 Å². The number of thiophene rings is 1. The summed E-state index contributed by atoms with van der Waals surface area (Å²) in [6.07, 6.45) is 3.36. The van der Waals surface area contributed by atoms with Crippen LogP contribution in [0.5, 0.6) is 0 Å². The molecular formula is C14H18ClN5S. The van der Waals surface area contributed by atoms with E-state index in [4.69, 9.17) is 11.6 Å². The van der Waals surface area contributed by atoms with Gasteiger partial charge in [0.15, 0.2) is 0 Å². The maximum absolute atomic E-state index is 6.06. The van der Waals surface area contributed by atoms with Crippen LogP contribution in [0.15, 0.2) is 17.5 Å². The smallest absolute Gasteiger partial charge is 0.231 e. The summed E-state index contributed by atoms with van der Waals surface area (Å²) in [6.45, 7) is 2.86. The zero-order valence-corrected chi connectivity index (χ0v) is 13.6. The van der Waals surface area contributed by atoms with E-state index in [1.807, 2.05) is 11.9 Å². The van der Waals surface area contributed by atoms with Crippen LogP contribution in [-0.4, -0.2) is 41.6 Å². The highest BCUT2D eigenvalue weighted by molar-refractivity contribution is 7.09. The first-order valence-electron chi connectivity index (χ1n) is 7.12. The lowest BCUT2D eigenvalue weighted by Crippen LogP contribution is -2.26. The van der Waals surface area contributed by atoms with Gasteiger partial charge in [0.2, 0.25) is 17.2 Å². The van der Waals surface area contributed by atoms with Crippen molar-refractivity contribution in [3.63, 3.8) is 0 Å². The fourth-order valence-corrected chi connectivity index (χ4v) is 3.24. The molecule has 0 saturated carbocycles. The first-order chi connectivity index (χ1) is 10.2. The van der Waals surface area contributed by atoms with E-state index in [9.17, 15) is 0 Å². The van der Waals surface area contributed by atoms with Gasteiger partial charge in [-0.3, -0.25) is 0 Å². The van der Waals surface area contributed by atoms with Crippen LogP contribution < -0.4 is 9.80 Å². The molecule has 21 heavy (non-hydrogen) atoms. The van der Waals surface area contributed by atoms with E-state index in [1.165, 1.54) is 17.7 Å². The second kappa shape index (κ2) is 6.58. The van der Waals surface area contributed by atoms with Crippen molar-refractivity contribution >= 4 is 34.8 Å². The molecule has 0 radical (unpaired) electrons. The largest absolute Gasteiger partial charge is 0.343 e. The standard InChI is InChI=1S/C14H18ClN5S/c1-19(9-6-11-5-4-10-21-11)13-16-12(15)17-14(18-13)20-7-2-3-8-20/h4-5,10H,2-3,6-9H2,1H3. The van der Waals surface area contributed by atoms with E-state index in [0.717, 1.165) is 26.1 Å². The number of hydrogen-bond donors (Lipinski definition) is 0. The molecule has 0 atom stereocenters. The van der Waals surface area contributed by atoms with Gasteiger partial charge < -0.3 is 9.80 Å². The zero-order chi connectivity index (χ0) is 14.7. The molecule has 0 amide bonds. The molecule has 1 aliphatic rings. The molecule has 0 aliphatic carbocycles. The van der Waals surface area contributed by atoms with Gasteiger partial charge in [-0.25, -0.2) is 0 Å². The molecule has 3 rings (SSSR count). The molecule has 2 aromatic heterocycles. The lowest BCUT2D eigenvalue weighted by molar-refractivity contribution is 0.814. The Kier molecular flexibility index (Phi) is 4.55. The van der Waals surface area contributed by atoms with Gasteiger partial charge in [0.1, 0.15) is 0 Å². The highest BCUT2D eigenvalue weighted by atomic mass is 35.5. The second-order valence-corrected chi connectivity index (χ2v) is 6.52. The third-order valence-electron chi connectivity index (χ3n) is 3.59.